The molecule has 0 spiro atoms. The minimum Gasteiger partial charge on any atom is -0.310 e. The first-order chi connectivity index (χ1) is 8.22. The lowest BCUT2D eigenvalue weighted by atomic mass is 9.88. The second kappa shape index (κ2) is 4.23. The molecule has 2 aliphatic rings. The second-order valence-electron chi connectivity index (χ2n) is 4.58. The van der Waals surface area contributed by atoms with Crippen LogP contribution < -0.4 is 10.6 Å². The van der Waals surface area contributed by atoms with E-state index in [4.69, 9.17) is 11.6 Å². The molecule has 2 N–H and O–H groups in total. The number of fused-ring (bicyclic) bond motifs is 2. The van der Waals surface area contributed by atoms with Crippen molar-refractivity contribution < 1.29 is 4.79 Å². The molecular weight excluding hydrogens is 240 g/mol. The molecule has 1 amide bonds. The third-order valence-corrected chi connectivity index (χ3v) is 3.70. The van der Waals surface area contributed by atoms with Gasteiger partial charge in [-0.15, -0.1) is 0 Å². The Morgan fingerprint density at radius 1 is 1.53 bits per heavy atom. The van der Waals surface area contributed by atoms with E-state index in [1.807, 2.05) is 0 Å². The van der Waals surface area contributed by atoms with Crippen molar-refractivity contribution in [3.63, 3.8) is 0 Å². The van der Waals surface area contributed by atoms with Gasteiger partial charge in [0.1, 0.15) is 5.15 Å². The van der Waals surface area contributed by atoms with Crippen molar-refractivity contribution in [1.82, 2.24) is 15.3 Å². The number of hydrogen-bond donors (Lipinski definition) is 2. The monoisotopic (exact) mass is 252 g/mol. The van der Waals surface area contributed by atoms with Gasteiger partial charge in [-0.25, -0.2) is 9.97 Å². The summed E-state index contributed by atoms with van der Waals surface area (Å²) in [5.74, 6) is 0.313. The fourth-order valence-corrected chi connectivity index (χ4v) is 2.85. The molecule has 90 valence electrons. The minimum absolute atomic E-state index is 0.00744. The summed E-state index contributed by atoms with van der Waals surface area (Å²) in [6.07, 6.45) is 4.71. The van der Waals surface area contributed by atoms with Crippen LogP contribution in [0.5, 0.6) is 0 Å². The first kappa shape index (κ1) is 10.9. The third kappa shape index (κ3) is 2.12. The second-order valence-corrected chi connectivity index (χ2v) is 4.97. The standard InChI is InChI=1S/C11H13ClN4O/c12-9-3-4-13-11(15-9)16-10(17)7-5-6-1-2-8(7)14-6/h3-4,6-8,14H,1-2,5H2,(H,13,15,16,17). The number of hydrogen-bond acceptors (Lipinski definition) is 4. The van der Waals surface area contributed by atoms with Gasteiger partial charge in [0.25, 0.3) is 0 Å². The van der Waals surface area contributed by atoms with Crippen LogP contribution in [0.2, 0.25) is 5.15 Å². The van der Waals surface area contributed by atoms with E-state index in [2.05, 4.69) is 20.6 Å². The lowest BCUT2D eigenvalue weighted by molar-refractivity contribution is -0.120. The number of nitrogens with one attached hydrogen (secondary N) is 2. The fourth-order valence-electron chi connectivity index (χ4n) is 2.71. The van der Waals surface area contributed by atoms with Crippen LogP contribution in [-0.2, 0) is 4.79 Å². The van der Waals surface area contributed by atoms with Crippen molar-refractivity contribution >= 4 is 23.5 Å². The molecule has 6 heteroatoms. The number of nitrogens with zero attached hydrogens (tertiary/aromatic N) is 2. The Morgan fingerprint density at radius 2 is 2.41 bits per heavy atom. The number of carbonyl (C=O) groups is 1. The van der Waals surface area contributed by atoms with Gasteiger partial charge in [-0.3, -0.25) is 10.1 Å². The van der Waals surface area contributed by atoms with E-state index in [0.29, 0.717) is 17.2 Å². The number of carbonyl (C=O) groups excluding carboxylic acids is 1. The molecule has 3 atom stereocenters. The third-order valence-electron chi connectivity index (χ3n) is 3.49. The predicted octanol–water partition coefficient (Wildman–Crippen LogP) is 1.21. The van der Waals surface area contributed by atoms with Crippen molar-refractivity contribution in [3.8, 4) is 0 Å². The molecule has 0 saturated carbocycles. The van der Waals surface area contributed by atoms with Crippen LogP contribution in [0.1, 0.15) is 19.3 Å². The Labute approximate surface area is 104 Å². The van der Waals surface area contributed by atoms with Crippen LogP contribution in [-0.4, -0.2) is 28.0 Å². The number of anilines is 1. The molecule has 0 aromatic carbocycles. The van der Waals surface area contributed by atoms with E-state index in [9.17, 15) is 4.79 Å². The number of aromatic nitrogens is 2. The van der Waals surface area contributed by atoms with Crippen LogP contribution in [0, 0.1) is 5.92 Å². The lowest BCUT2D eigenvalue weighted by Crippen LogP contribution is -2.33. The average molecular weight is 253 g/mol. The first-order valence-electron chi connectivity index (χ1n) is 5.78. The summed E-state index contributed by atoms with van der Waals surface area (Å²) >= 11 is 5.74. The van der Waals surface area contributed by atoms with E-state index in [1.165, 1.54) is 12.6 Å². The molecule has 17 heavy (non-hydrogen) atoms. The Morgan fingerprint density at radius 3 is 3.06 bits per heavy atom. The molecule has 1 aromatic heterocycles. The van der Waals surface area contributed by atoms with Gasteiger partial charge in [0, 0.05) is 18.3 Å². The highest BCUT2D eigenvalue weighted by atomic mass is 35.5. The molecule has 3 rings (SSSR count). The minimum atomic E-state index is -0.00744. The topological polar surface area (TPSA) is 66.9 Å². The van der Waals surface area contributed by atoms with Crippen molar-refractivity contribution in [1.29, 1.82) is 0 Å². The van der Waals surface area contributed by atoms with Crippen molar-refractivity contribution in [2.24, 2.45) is 5.92 Å². The maximum absolute atomic E-state index is 12.0. The van der Waals surface area contributed by atoms with Crippen LogP contribution in [0.3, 0.4) is 0 Å². The lowest BCUT2D eigenvalue weighted by Gasteiger charge is -2.18. The Bertz CT molecular complexity index is 453. The molecule has 3 unspecified atom stereocenters. The van der Waals surface area contributed by atoms with E-state index in [0.717, 1.165) is 12.8 Å². The van der Waals surface area contributed by atoms with Gasteiger partial charge in [0.15, 0.2) is 0 Å². The molecule has 3 heterocycles. The summed E-state index contributed by atoms with van der Waals surface area (Å²) in [6, 6.07) is 2.41. The highest BCUT2D eigenvalue weighted by molar-refractivity contribution is 6.29. The summed E-state index contributed by atoms with van der Waals surface area (Å²) in [5.41, 5.74) is 0. The number of amides is 1. The van der Waals surface area contributed by atoms with Crippen LogP contribution in [0.25, 0.3) is 0 Å². The van der Waals surface area contributed by atoms with Crippen molar-refractivity contribution in [3.05, 3.63) is 17.4 Å². The number of rotatable bonds is 2. The molecular formula is C11H13ClN4O. The average Bonchev–Trinajstić information content (AvgIpc) is 2.90. The van der Waals surface area contributed by atoms with E-state index in [1.54, 1.807) is 6.07 Å². The summed E-state index contributed by atoms with van der Waals surface area (Å²) in [6.45, 7) is 0. The maximum Gasteiger partial charge on any atom is 0.231 e. The van der Waals surface area contributed by atoms with Gasteiger partial charge >= 0.3 is 0 Å². The van der Waals surface area contributed by atoms with Gasteiger partial charge < -0.3 is 5.32 Å². The summed E-state index contributed by atoms with van der Waals surface area (Å²) in [7, 11) is 0. The van der Waals surface area contributed by atoms with E-state index >= 15 is 0 Å². The van der Waals surface area contributed by atoms with Crippen molar-refractivity contribution in [2.45, 2.75) is 31.3 Å². The van der Waals surface area contributed by atoms with Gasteiger partial charge in [-0.2, -0.15) is 0 Å². The van der Waals surface area contributed by atoms with Crippen LogP contribution in [0.15, 0.2) is 12.3 Å². The quantitative estimate of drug-likeness (QED) is 0.777. The molecule has 0 radical (unpaired) electrons. The smallest absolute Gasteiger partial charge is 0.231 e. The van der Waals surface area contributed by atoms with Crippen molar-refractivity contribution in [2.75, 3.05) is 5.32 Å². The summed E-state index contributed by atoms with van der Waals surface area (Å²) < 4.78 is 0. The first-order valence-corrected chi connectivity index (χ1v) is 6.15. The zero-order valence-corrected chi connectivity index (χ0v) is 9.94. The molecule has 1 aromatic rings. The summed E-state index contributed by atoms with van der Waals surface area (Å²) in [5, 5.41) is 6.49. The molecule has 2 fully saturated rings. The molecule has 2 aliphatic heterocycles. The zero-order valence-electron chi connectivity index (χ0n) is 9.19. The highest BCUT2D eigenvalue weighted by Gasteiger charge is 2.42. The highest BCUT2D eigenvalue weighted by Crippen LogP contribution is 2.33. The number of halogens is 1. The zero-order chi connectivity index (χ0) is 11.8. The Hall–Kier alpha value is -1.20. The fraction of sp³-hybridized carbons (Fsp3) is 0.545. The van der Waals surface area contributed by atoms with Gasteiger partial charge in [-0.05, 0) is 25.3 Å². The van der Waals surface area contributed by atoms with Gasteiger partial charge in [0.05, 0.1) is 5.92 Å². The predicted molar refractivity (Wildman–Crippen MR) is 63.7 cm³/mol. The Kier molecular flexibility index (Phi) is 2.72. The van der Waals surface area contributed by atoms with Gasteiger partial charge in [0.2, 0.25) is 11.9 Å². The molecule has 2 bridgehead atoms. The molecule has 0 aliphatic carbocycles. The van der Waals surface area contributed by atoms with E-state index < -0.39 is 0 Å². The van der Waals surface area contributed by atoms with Gasteiger partial charge in [-0.1, -0.05) is 11.6 Å². The Balaban J connectivity index is 1.68. The largest absolute Gasteiger partial charge is 0.310 e. The normalized spacial score (nSPS) is 30.5. The van der Waals surface area contributed by atoms with Crippen LogP contribution >= 0.6 is 11.6 Å². The molecule has 2 saturated heterocycles. The SMILES string of the molecule is O=C(Nc1nccc(Cl)n1)C1CC2CCC1N2. The molecule has 5 nitrogen and oxygen atoms in total. The van der Waals surface area contributed by atoms with E-state index in [-0.39, 0.29) is 17.8 Å². The summed E-state index contributed by atoms with van der Waals surface area (Å²) in [4.78, 5) is 20.0. The van der Waals surface area contributed by atoms with Crippen LogP contribution in [0.4, 0.5) is 5.95 Å². The maximum atomic E-state index is 12.0.